The standard InChI is InChI=1S/C36H38F8IN5O4/c1-3-30(33(50-34(51)54-20-36(43,44)45)32(22-4-8-24(37)9-5-22)23-6-10-25(38)11-7-23)49-31-16-46-15-29(39)28(31)13-12-27-14-47-26(18-53-27)17-52-21(2)48-19-35(40,41)42/h3-11,15-16,26-27,32-33,47-49H,2,12-14,17-20H2,1H3,(H,50,51)/t26-,27-,33-/m1/s1. The van der Waals surface area contributed by atoms with Crippen LogP contribution in [0, 0.1) is 17.5 Å². The summed E-state index contributed by atoms with van der Waals surface area (Å²) in [5.74, 6) is -2.86. The number of carbonyl (C=O) groups is 1. The zero-order valence-electron chi connectivity index (χ0n) is 28.8. The van der Waals surface area contributed by atoms with Gasteiger partial charge in [-0.25, -0.2) is 18.0 Å². The van der Waals surface area contributed by atoms with E-state index >= 15 is 4.39 Å². The van der Waals surface area contributed by atoms with Crippen LogP contribution in [0.5, 0.6) is 0 Å². The number of hydrogen-bond acceptors (Lipinski definition) is 8. The largest absolute Gasteiger partial charge is 0.478 e. The zero-order valence-corrected chi connectivity index (χ0v) is 31.0. The molecule has 1 saturated heterocycles. The number of aromatic nitrogens is 1. The molecular weight excluding hydrogens is 845 g/mol. The van der Waals surface area contributed by atoms with Gasteiger partial charge in [0.15, 0.2) is 12.5 Å². The molecule has 4 N–H and O–H groups in total. The minimum Gasteiger partial charge on any atom is -0.478 e. The molecule has 2 aromatic carbocycles. The van der Waals surface area contributed by atoms with Crippen LogP contribution in [0.4, 0.5) is 45.6 Å². The van der Waals surface area contributed by atoms with Crippen molar-refractivity contribution in [3.05, 3.63) is 119 Å². The fraction of sp³-hybridized carbons (Fsp3) is 0.389. The Bertz CT molecular complexity index is 1670. The van der Waals surface area contributed by atoms with Crippen LogP contribution in [-0.2, 0) is 20.6 Å². The first-order valence-corrected chi connectivity index (χ1v) is 17.6. The van der Waals surface area contributed by atoms with Gasteiger partial charge in [0.1, 0.15) is 30.6 Å². The van der Waals surface area contributed by atoms with Crippen LogP contribution in [-0.4, -0.2) is 72.3 Å². The SMILES string of the molecule is C=C(NCC(F)(F)F)OC[C@@H]1CO[C@H](CCc2c(F)cncc2NC(=CC)[C@@H](NC(=O)OCC(F)(F)I)C(c2ccc(F)cc2)c2ccc(F)cc2)CN1. The molecule has 294 valence electrons. The van der Waals surface area contributed by atoms with Gasteiger partial charge in [0.2, 0.25) is 0 Å². The van der Waals surface area contributed by atoms with E-state index in [1.54, 1.807) is 13.0 Å². The molecule has 0 spiro atoms. The van der Waals surface area contributed by atoms with Gasteiger partial charge in [0.05, 0.1) is 42.9 Å². The van der Waals surface area contributed by atoms with Gasteiger partial charge in [-0.1, -0.05) is 30.3 Å². The van der Waals surface area contributed by atoms with E-state index in [0.29, 0.717) is 24.1 Å². The van der Waals surface area contributed by atoms with E-state index < -0.39 is 58.8 Å². The third-order valence-corrected chi connectivity index (χ3v) is 8.50. The Labute approximate surface area is 320 Å². The Morgan fingerprint density at radius 3 is 2.20 bits per heavy atom. The average molecular weight is 884 g/mol. The predicted octanol–water partition coefficient (Wildman–Crippen LogP) is 7.70. The second kappa shape index (κ2) is 19.4. The topological polar surface area (TPSA) is 106 Å². The third-order valence-electron chi connectivity index (χ3n) is 8.19. The lowest BCUT2D eigenvalue weighted by atomic mass is 9.83. The summed E-state index contributed by atoms with van der Waals surface area (Å²) in [6.45, 7) is 2.99. The summed E-state index contributed by atoms with van der Waals surface area (Å²) in [5, 5.41) is 11.0. The number of rotatable bonds is 17. The Morgan fingerprint density at radius 2 is 1.67 bits per heavy atom. The molecule has 3 aromatic rings. The molecule has 2 heterocycles. The van der Waals surface area contributed by atoms with Crippen LogP contribution < -0.4 is 21.3 Å². The number of benzene rings is 2. The highest BCUT2D eigenvalue weighted by molar-refractivity contribution is 14.1. The minimum absolute atomic E-state index is 0.00429. The number of allylic oxidation sites excluding steroid dienone is 1. The van der Waals surface area contributed by atoms with E-state index in [2.05, 4.69) is 27.5 Å². The van der Waals surface area contributed by atoms with Crippen LogP contribution in [0.1, 0.15) is 36.0 Å². The Hall–Kier alpha value is -4.17. The quantitative estimate of drug-likeness (QED) is 0.0474. The average Bonchev–Trinajstić information content (AvgIpc) is 3.12. The lowest BCUT2D eigenvalue weighted by molar-refractivity contribution is -0.125. The van der Waals surface area contributed by atoms with Crippen molar-refractivity contribution in [1.29, 1.82) is 0 Å². The molecule has 1 fully saturated rings. The Balaban J connectivity index is 1.53. The Morgan fingerprint density at radius 1 is 1.04 bits per heavy atom. The van der Waals surface area contributed by atoms with E-state index in [1.165, 1.54) is 54.7 Å². The van der Waals surface area contributed by atoms with Gasteiger partial charge in [-0.05, 0) is 61.7 Å². The maximum Gasteiger partial charge on any atom is 0.407 e. The minimum atomic E-state index is -4.43. The van der Waals surface area contributed by atoms with E-state index in [0.717, 1.165) is 28.8 Å². The smallest absolute Gasteiger partial charge is 0.407 e. The number of nitrogens with one attached hydrogen (secondary N) is 4. The maximum absolute atomic E-state index is 15.4. The molecule has 1 aromatic heterocycles. The first-order chi connectivity index (χ1) is 25.5. The summed E-state index contributed by atoms with van der Waals surface area (Å²) in [6.07, 6.45) is -1.59. The monoisotopic (exact) mass is 883 g/mol. The molecule has 54 heavy (non-hydrogen) atoms. The second-order valence-electron chi connectivity index (χ2n) is 12.2. The van der Waals surface area contributed by atoms with Crippen molar-refractivity contribution in [1.82, 2.24) is 20.9 Å². The van der Waals surface area contributed by atoms with E-state index in [4.69, 9.17) is 14.2 Å². The lowest BCUT2D eigenvalue weighted by Gasteiger charge is -2.32. The fourth-order valence-electron chi connectivity index (χ4n) is 5.60. The number of pyridine rings is 1. The van der Waals surface area contributed by atoms with Crippen molar-refractivity contribution in [2.24, 2.45) is 0 Å². The Kier molecular flexibility index (Phi) is 15.3. The highest BCUT2D eigenvalue weighted by Crippen LogP contribution is 2.34. The number of alkyl carbamates (subject to hydrolysis) is 1. The number of amides is 1. The molecule has 3 atom stereocenters. The van der Waals surface area contributed by atoms with Crippen molar-refractivity contribution < 1.29 is 54.1 Å². The highest BCUT2D eigenvalue weighted by Gasteiger charge is 2.33. The number of morpholine rings is 1. The van der Waals surface area contributed by atoms with E-state index in [9.17, 15) is 35.5 Å². The molecule has 0 unspecified atom stereocenters. The molecule has 0 aliphatic carbocycles. The molecule has 0 radical (unpaired) electrons. The zero-order chi connectivity index (χ0) is 39.5. The summed E-state index contributed by atoms with van der Waals surface area (Å²) in [6, 6.07) is 9.12. The van der Waals surface area contributed by atoms with Gasteiger partial charge in [-0.3, -0.25) is 4.98 Å². The van der Waals surface area contributed by atoms with Crippen LogP contribution in [0.25, 0.3) is 0 Å². The number of carbonyl (C=O) groups excluding carboxylic acids is 1. The van der Waals surface area contributed by atoms with Gasteiger partial charge in [0.25, 0.3) is 0 Å². The van der Waals surface area contributed by atoms with Crippen LogP contribution in [0.15, 0.2) is 85.2 Å². The number of halogens is 9. The van der Waals surface area contributed by atoms with Gasteiger partial charge >= 0.3 is 16.2 Å². The summed E-state index contributed by atoms with van der Waals surface area (Å²) >= 11 is 0.829. The van der Waals surface area contributed by atoms with Gasteiger partial charge in [-0.2, -0.15) is 22.0 Å². The molecule has 1 aliphatic heterocycles. The number of hydrogen-bond donors (Lipinski definition) is 4. The van der Waals surface area contributed by atoms with Crippen molar-refractivity contribution in [2.45, 2.75) is 54.0 Å². The van der Waals surface area contributed by atoms with Crippen LogP contribution >= 0.6 is 22.6 Å². The van der Waals surface area contributed by atoms with Gasteiger partial charge in [-0.15, -0.1) is 0 Å². The molecule has 1 aliphatic rings. The molecular formula is C36H38F8IN5O4. The number of alkyl halides is 6. The normalized spacial score (nSPS) is 17.1. The molecule has 1 amide bonds. The maximum atomic E-state index is 15.4. The summed E-state index contributed by atoms with van der Waals surface area (Å²) in [5.41, 5.74) is 1.57. The first kappa shape index (κ1) is 42.6. The van der Waals surface area contributed by atoms with Crippen molar-refractivity contribution in [3.8, 4) is 0 Å². The molecule has 4 rings (SSSR count). The van der Waals surface area contributed by atoms with E-state index in [1.807, 2.05) is 5.32 Å². The van der Waals surface area contributed by atoms with Gasteiger partial charge in [0, 0.05) is 46.3 Å². The fourth-order valence-corrected chi connectivity index (χ4v) is 5.76. The number of nitrogens with zero attached hydrogens (tertiary/aromatic N) is 1. The summed E-state index contributed by atoms with van der Waals surface area (Å²) < 4.78 is 121. The van der Waals surface area contributed by atoms with Gasteiger partial charge < -0.3 is 35.5 Å². The second-order valence-corrected chi connectivity index (χ2v) is 13.8. The lowest BCUT2D eigenvalue weighted by Crippen LogP contribution is -2.49. The first-order valence-electron chi connectivity index (χ1n) is 16.5. The third kappa shape index (κ3) is 13.6. The number of anilines is 1. The van der Waals surface area contributed by atoms with Crippen LogP contribution in [0.2, 0.25) is 0 Å². The summed E-state index contributed by atoms with van der Waals surface area (Å²) in [4.78, 5) is 17.0. The molecule has 0 bridgehead atoms. The molecule has 18 heteroatoms. The molecule has 9 nitrogen and oxygen atoms in total. The highest BCUT2D eigenvalue weighted by atomic mass is 127. The summed E-state index contributed by atoms with van der Waals surface area (Å²) in [7, 11) is 0. The number of ether oxygens (including phenoxy) is 3. The predicted molar refractivity (Wildman–Crippen MR) is 192 cm³/mol. The van der Waals surface area contributed by atoms with E-state index in [-0.39, 0.29) is 54.6 Å². The van der Waals surface area contributed by atoms with Crippen molar-refractivity contribution in [3.63, 3.8) is 0 Å². The van der Waals surface area contributed by atoms with Crippen LogP contribution in [0.3, 0.4) is 0 Å². The van der Waals surface area contributed by atoms with Crippen molar-refractivity contribution >= 4 is 34.4 Å². The van der Waals surface area contributed by atoms with Crippen molar-refractivity contribution in [2.75, 3.05) is 38.2 Å². The molecule has 0 saturated carbocycles.